The van der Waals surface area contributed by atoms with E-state index < -0.39 is 59.3 Å². The number of rotatable bonds is 1. The number of nitrogens with zero attached hydrogens (tertiary/aromatic N) is 1. The van der Waals surface area contributed by atoms with Crippen molar-refractivity contribution in [3.8, 4) is 6.07 Å². The Morgan fingerprint density at radius 1 is 0.762 bits per heavy atom. The molecule has 1 aromatic carbocycles. The van der Waals surface area contributed by atoms with Crippen LogP contribution in [0.1, 0.15) is 22.3 Å². The second-order valence-electron chi connectivity index (χ2n) is 3.88. The van der Waals surface area contributed by atoms with Crippen molar-refractivity contribution in [3.63, 3.8) is 0 Å². The molecule has 10 heteroatoms. The van der Waals surface area contributed by atoms with Crippen molar-refractivity contribution < 1.29 is 39.5 Å². The van der Waals surface area contributed by atoms with Gasteiger partial charge in [-0.2, -0.15) is 44.8 Å². The van der Waals surface area contributed by atoms with Gasteiger partial charge in [-0.1, -0.05) is 0 Å². The third-order valence-electron chi connectivity index (χ3n) is 2.44. The minimum Gasteiger partial charge on any atom is -0.198 e. The van der Waals surface area contributed by atoms with Crippen LogP contribution in [0, 0.1) is 11.3 Å². The lowest BCUT2D eigenvalue weighted by molar-refractivity contribution is -0.149. The van der Waals surface area contributed by atoms with Gasteiger partial charge in [0.25, 0.3) is 0 Å². The maximum atomic E-state index is 12.7. The number of hydrogen-bond acceptors (Lipinski definition) is 1. The standard InChI is InChI=1S/C11H4F9N/c12-9(13,14)5-3-7(10(15,16)17)6(1-2-21)8(4-5)11(18,19)20/h3-4H,1H2. The molecule has 0 aliphatic rings. The minimum atomic E-state index is -5.45. The smallest absolute Gasteiger partial charge is 0.198 e. The van der Waals surface area contributed by atoms with Crippen LogP contribution in [0.4, 0.5) is 39.5 Å². The zero-order valence-corrected chi connectivity index (χ0v) is 9.71. The molecule has 0 aliphatic heterocycles. The predicted octanol–water partition coefficient (Wildman–Crippen LogP) is 4.81. The summed E-state index contributed by atoms with van der Waals surface area (Å²) in [6, 6.07) is 0.229. The number of nitriles is 1. The zero-order chi connectivity index (χ0) is 16.6. The molecule has 1 nitrogen and oxygen atoms in total. The van der Waals surface area contributed by atoms with E-state index in [0.29, 0.717) is 0 Å². The molecule has 1 rings (SSSR count). The van der Waals surface area contributed by atoms with Crippen LogP contribution in [0.25, 0.3) is 0 Å². The molecule has 0 aliphatic carbocycles. The largest absolute Gasteiger partial charge is 0.416 e. The van der Waals surface area contributed by atoms with Gasteiger partial charge in [-0.25, -0.2) is 0 Å². The van der Waals surface area contributed by atoms with Gasteiger partial charge in [-0.3, -0.25) is 0 Å². The van der Waals surface area contributed by atoms with Gasteiger partial charge in [0.05, 0.1) is 29.2 Å². The molecular formula is C11H4F9N. The summed E-state index contributed by atoms with van der Waals surface area (Å²) in [7, 11) is 0. The normalized spacial score (nSPS) is 13.1. The molecule has 0 amide bonds. The van der Waals surface area contributed by atoms with E-state index in [4.69, 9.17) is 5.26 Å². The Bertz CT molecular complexity index is 536. The van der Waals surface area contributed by atoms with Gasteiger partial charge in [-0.05, 0) is 17.7 Å². The first-order valence-electron chi connectivity index (χ1n) is 5.04. The second-order valence-corrected chi connectivity index (χ2v) is 3.88. The highest BCUT2D eigenvalue weighted by molar-refractivity contribution is 5.44. The summed E-state index contributed by atoms with van der Waals surface area (Å²) in [5.41, 5.74) is -7.84. The summed E-state index contributed by atoms with van der Waals surface area (Å²) in [5, 5.41) is 8.32. The quantitative estimate of drug-likeness (QED) is 0.681. The summed E-state index contributed by atoms with van der Waals surface area (Å²) in [6.45, 7) is 0. The Balaban J connectivity index is 3.80. The molecule has 0 saturated heterocycles. The summed E-state index contributed by atoms with van der Waals surface area (Å²) in [5.74, 6) is 0. The Morgan fingerprint density at radius 2 is 1.14 bits per heavy atom. The maximum Gasteiger partial charge on any atom is 0.416 e. The molecule has 0 atom stereocenters. The fourth-order valence-corrected chi connectivity index (χ4v) is 1.61. The molecule has 0 radical (unpaired) electrons. The second kappa shape index (κ2) is 5.13. The lowest BCUT2D eigenvalue weighted by Gasteiger charge is -2.20. The van der Waals surface area contributed by atoms with Gasteiger partial charge < -0.3 is 0 Å². The highest BCUT2D eigenvalue weighted by Crippen LogP contribution is 2.43. The lowest BCUT2D eigenvalue weighted by Crippen LogP contribution is -2.19. The van der Waals surface area contributed by atoms with Gasteiger partial charge in [0.2, 0.25) is 0 Å². The van der Waals surface area contributed by atoms with Crippen molar-refractivity contribution in [1.29, 1.82) is 5.26 Å². The Kier molecular flexibility index (Phi) is 4.18. The van der Waals surface area contributed by atoms with Crippen molar-refractivity contribution in [2.24, 2.45) is 0 Å². The van der Waals surface area contributed by atoms with Crippen molar-refractivity contribution in [2.75, 3.05) is 0 Å². The fourth-order valence-electron chi connectivity index (χ4n) is 1.61. The Hall–Kier alpha value is -1.92. The molecular weight excluding hydrogens is 317 g/mol. The van der Waals surface area contributed by atoms with E-state index >= 15 is 0 Å². The topological polar surface area (TPSA) is 23.8 Å². The van der Waals surface area contributed by atoms with E-state index in [1.807, 2.05) is 0 Å². The molecule has 0 bridgehead atoms. The van der Waals surface area contributed by atoms with Crippen molar-refractivity contribution in [1.82, 2.24) is 0 Å². The van der Waals surface area contributed by atoms with Crippen LogP contribution < -0.4 is 0 Å². The first kappa shape index (κ1) is 17.1. The number of hydrogen-bond donors (Lipinski definition) is 0. The fraction of sp³-hybridized carbons (Fsp3) is 0.364. The van der Waals surface area contributed by atoms with Crippen LogP contribution in [0.3, 0.4) is 0 Å². The SMILES string of the molecule is N#CCc1c(C(F)(F)F)cc(C(F)(F)F)cc1C(F)(F)F. The van der Waals surface area contributed by atoms with E-state index in [-0.39, 0.29) is 0 Å². The summed E-state index contributed by atoms with van der Waals surface area (Å²) in [6.07, 6.45) is -17.6. The molecule has 0 unspecified atom stereocenters. The van der Waals surface area contributed by atoms with Gasteiger partial charge in [0.15, 0.2) is 0 Å². The molecule has 116 valence electrons. The Morgan fingerprint density at radius 3 is 1.38 bits per heavy atom. The average molecular weight is 321 g/mol. The number of benzene rings is 1. The van der Waals surface area contributed by atoms with E-state index in [0.717, 1.165) is 6.07 Å². The van der Waals surface area contributed by atoms with Crippen LogP contribution >= 0.6 is 0 Å². The monoisotopic (exact) mass is 321 g/mol. The summed E-state index contributed by atoms with van der Waals surface area (Å²) >= 11 is 0. The molecule has 0 fully saturated rings. The minimum absolute atomic E-state index is 0.429. The van der Waals surface area contributed by atoms with Crippen LogP contribution in [0.5, 0.6) is 0 Å². The first-order valence-corrected chi connectivity index (χ1v) is 5.04. The van der Waals surface area contributed by atoms with Crippen molar-refractivity contribution in [2.45, 2.75) is 24.9 Å². The van der Waals surface area contributed by atoms with E-state index in [2.05, 4.69) is 0 Å². The average Bonchev–Trinajstić information content (AvgIpc) is 2.24. The van der Waals surface area contributed by atoms with Crippen LogP contribution in [0.15, 0.2) is 12.1 Å². The van der Waals surface area contributed by atoms with Gasteiger partial charge in [-0.15, -0.1) is 0 Å². The molecule has 1 aromatic rings. The predicted molar refractivity (Wildman–Crippen MR) is 50.8 cm³/mol. The third-order valence-corrected chi connectivity index (χ3v) is 2.44. The maximum absolute atomic E-state index is 12.7. The van der Waals surface area contributed by atoms with E-state index in [1.54, 1.807) is 0 Å². The molecule has 0 saturated carbocycles. The van der Waals surface area contributed by atoms with Crippen LogP contribution in [0.2, 0.25) is 0 Å². The summed E-state index contributed by atoms with van der Waals surface area (Å²) < 4.78 is 113. The molecule has 0 spiro atoms. The molecule has 0 heterocycles. The molecule has 21 heavy (non-hydrogen) atoms. The Labute approximate surface area is 111 Å². The van der Waals surface area contributed by atoms with Gasteiger partial charge in [0.1, 0.15) is 0 Å². The van der Waals surface area contributed by atoms with Crippen LogP contribution in [-0.4, -0.2) is 0 Å². The van der Waals surface area contributed by atoms with E-state index in [1.165, 1.54) is 0 Å². The molecule has 0 N–H and O–H groups in total. The zero-order valence-electron chi connectivity index (χ0n) is 9.71. The van der Waals surface area contributed by atoms with Gasteiger partial charge in [0, 0.05) is 0 Å². The third kappa shape index (κ3) is 3.80. The highest BCUT2D eigenvalue weighted by Gasteiger charge is 2.44. The lowest BCUT2D eigenvalue weighted by atomic mass is 9.94. The first-order chi connectivity index (χ1) is 9.28. The molecule has 0 aromatic heterocycles. The number of halogens is 9. The van der Waals surface area contributed by atoms with Crippen molar-refractivity contribution >= 4 is 0 Å². The summed E-state index contributed by atoms with van der Waals surface area (Å²) in [4.78, 5) is 0. The van der Waals surface area contributed by atoms with Crippen LogP contribution in [-0.2, 0) is 24.9 Å². The van der Waals surface area contributed by atoms with E-state index in [9.17, 15) is 39.5 Å². The number of alkyl halides is 9. The van der Waals surface area contributed by atoms with Crippen molar-refractivity contribution in [3.05, 3.63) is 34.4 Å². The highest BCUT2D eigenvalue weighted by atomic mass is 19.4. The van der Waals surface area contributed by atoms with Gasteiger partial charge >= 0.3 is 18.5 Å².